The molecule has 0 aromatic carbocycles. The number of hydrogen-bond acceptors (Lipinski definition) is 4. The van der Waals surface area contributed by atoms with E-state index in [1.54, 1.807) is 12.2 Å². The third kappa shape index (κ3) is 2.03. The van der Waals surface area contributed by atoms with Gasteiger partial charge in [0.1, 0.15) is 5.60 Å². The molecule has 26 heavy (non-hydrogen) atoms. The van der Waals surface area contributed by atoms with Gasteiger partial charge in [0.05, 0.1) is 6.10 Å². The number of hydrogen-bond donors (Lipinski definition) is 2. The second-order valence-corrected chi connectivity index (χ2v) is 9.70. The summed E-state index contributed by atoms with van der Waals surface area (Å²) >= 11 is 0. The van der Waals surface area contributed by atoms with Gasteiger partial charge >= 0.3 is 0 Å². The highest BCUT2D eigenvalue weighted by molar-refractivity contribution is 6.01. The Morgan fingerprint density at radius 2 is 2.00 bits per heavy atom. The molecule has 4 aliphatic rings. The second kappa shape index (κ2) is 5.39. The molecule has 0 aliphatic heterocycles. The standard InChI is InChI=1S/C22H30O4/c1-12-9-15-16-6-8-22(26,13(2)23)21(16,4)11-18(25)19(15)20(3)7-5-14(24)10-17(12)20/h5,7,10,12,15-16,18-19,25-26H,6,8-9,11H2,1-4H3/t12-,15-,16+,18-,19-,20-,21-,22-/m0/s1. The van der Waals surface area contributed by atoms with Gasteiger partial charge in [-0.05, 0) is 62.5 Å². The average molecular weight is 358 g/mol. The van der Waals surface area contributed by atoms with E-state index in [2.05, 4.69) is 13.8 Å². The molecule has 0 radical (unpaired) electrons. The van der Waals surface area contributed by atoms with Crippen molar-refractivity contribution in [3.05, 3.63) is 23.8 Å². The van der Waals surface area contributed by atoms with E-state index >= 15 is 0 Å². The van der Waals surface area contributed by atoms with Gasteiger partial charge < -0.3 is 10.2 Å². The van der Waals surface area contributed by atoms with Crippen LogP contribution >= 0.6 is 0 Å². The molecule has 0 spiro atoms. The zero-order chi connectivity index (χ0) is 19.1. The first-order chi connectivity index (χ1) is 12.0. The minimum Gasteiger partial charge on any atom is -0.393 e. The summed E-state index contributed by atoms with van der Waals surface area (Å²) < 4.78 is 0. The van der Waals surface area contributed by atoms with Crippen molar-refractivity contribution in [2.45, 2.75) is 65.1 Å². The highest BCUT2D eigenvalue weighted by Crippen LogP contribution is 2.67. The van der Waals surface area contributed by atoms with Crippen molar-refractivity contribution in [1.29, 1.82) is 0 Å². The summed E-state index contributed by atoms with van der Waals surface area (Å²) in [6.07, 6.45) is 7.46. The van der Waals surface area contributed by atoms with Gasteiger partial charge in [0.2, 0.25) is 0 Å². The van der Waals surface area contributed by atoms with Crippen LogP contribution in [0.15, 0.2) is 23.8 Å². The van der Waals surface area contributed by atoms with Crippen LogP contribution in [0.4, 0.5) is 0 Å². The molecule has 4 rings (SSSR count). The number of carbonyl (C=O) groups excluding carboxylic acids is 2. The average Bonchev–Trinajstić information content (AvgIpc) is 2.81. The van der Waals surface area contributed by atoms with Crippen LogP contribution in [0.25, 0.3) is 0 Å². The SMILES string of the molecule is CC(=O)[C@@]1(O)CC[C@@H]2[C@@H]3C[C@H](C)C4=CC(=O)C=C[C@]4(C)[C@@H]3[C@@H](O)C[C@@]21C. The lowest BCUT2D eigenvalue weighted by Crippen LogP contribution is -2.61. The lowest BCUT2D eigenvalue weighted by atomic mass is 9.45. The van der Waals surface area contributed by atoms with Crippen molar-refractivity contribution in [2.24, 2.45) is 34.5 Å². The molecule has 3 fully saturated rings. The Bertz CT molecular complexity index is 736. The number of rotatable bonds is 1. The van der Waals surface area contributed by atoms with Gasteiger partial charge in [-0.3, -0.25) is 9.59 Å². The highest BCUT2D eigenvalue weighted by atomic mass is 16.3. The fourth-order valence-corrected chi connectivity index (χ4v) is 7.33. The molecule has 2 N–H and O–H groups in total. The molecule has 0 saturated heterocycles. The van der Waals surface area contributed by atoms with Crippen molar-refractivity contribution in [3.8, 4) is 0 Å². The number of Topliss-reactive ketones (excluding diaryl/α,β-unsaturated/α-hetero) is 1. The molecule has 142 valence electrons. The first-order valence-electron chi connectivity index (χ1n) is 9.91. The van der Waals surface area contributed by atoms with Crippen LogP contribution in [0.2, 0.25) is 0 Å². The first-order valence-corrected chi connectivity index (χ1v) is 9.91. The monoisotopic (exact) mass is 358 g/mol. The molecule has 0 bridgehead atoms. The summed E-state index contributed by atoms with van der Waals surface area (Å²) in [7, 11) is 0. The Balaban J connectivity index is 1.80. The van der Waals surface area contributed by atoms with Crippen molar-refractivity contribution < 1.29 is 19.8 Å². The molecule has 0 unspecified atom stereocenters. The molecule has 0 heterocycles. The number of fused-ring (bicyclic) bond motifs is 5. The quantitative estimate of drug-likeness (QED) is 0.756. The van der Waals surface area contributed by atoms with Crippen molar-refractivity contribution in [1.82, 2.24) is 0 Å². The zero-order valence-corrected chi connectivity index (χ0v) is 16.2. The Morgan fingerprint density at radius 3 is 2.65 bits per heavy atom. The lowest BCUT2D eigenvalue weighted by molar-refractivity contribution is -0.176. The van der Waals surface area contributed by atoms with E-state index in [1.165, 1.54) is 6.92 Å². The fraction of sp³-hybridized carbons (Fsp3) is 0.727. The second-order valence-electron chi connectivity index (χ2n) is 9.70. The number of aliphatic hydroxyl groups excluding tert-OH is 1. The Hall–Kier alpha value is -1.26. The molecule has 4 nitrogen and oxygen atoms in total. The van der Waals surface area contributed by atoms with E-state index in [0.717, 1.165) is 18.4 Å². The van der Waals surface area contributed by atoms with Crippen molar-refractivity contribution in [3.63, 3.8) is 0 Å². The Labute approximate surface area is 155 Å². The van der Waals surface area contributed by atoms with Crippen LogP contribution in [-0.4, -0.2) is 33.5 Å². The topological polar surface area (TPSA) is 74.6 Å². The van der Waals surface area contributed by atoms with E-state index in [9.17, 15) is 19.8 Å². The summed E-state index contributed by atoms with van der Waals surface area (Å²) in [6, 6.07) is 0. The smallest absolute Gasteiger partial charge is 0.178 e. The summed E-state index contributed by atoms with van der Waals surface area (Å²) in [5, 5.41) is 22.4. The van der Waals surface area contributed by atoms with Crippen LogP contribution in [0.5, 0.6) is 0 Å². The normalized spacial score (nSPS) is 52.8. The minimum atomic E-state index is -1.33. The van der Waals surface area contributed by atoms with Crippen LogP contribution in [-0.2, 0) is 9.59 Å². The molecule has 8 atom stereocenters. The Kier molecular flexibility index (Phi) is 3.75. The van der Waals surface area contributed by atoms with Gasteiger partial charge in [0.25, 0.3) is 0 Å². The van der Waals surface area contributed by atoms with Crippen LogP contribution in [0.1, 0.15) is 53.4 Å². The maximum atomic E-state index is 12.3. The van der Waals surface area contributed by atoms with E-state index in [-0.39, 0.29) is 40.7 Å². The molecule has 4 aliphatic carbocycles. The number of carbonyl (C=O) groups is 2. The third-order valence-corrected chi connectivity index (χ3v) is 8.55. The summed E-state index contributed by atoms with van der Waals surface area (Å²) in [6.45, 7) is 7.79. The van der Waals surface area contributed by atoms with Gasteiger partial charge in [-0.2, -0.15) is 0 Å². The molecule has 3 saturated carbocycles. The lowest BCUT2D eigenvalue weighted by Gasteiger charge is -2.60. The number of aliphatic hydroxyl groups is 2. The van der Waals surface area contributed by atoms with Gasteiger partial charge in [0.15, 0.2) is 11.6 Å². The van der Waals surface area contributed by atoms with Gasteiger partial charge in [-0.25, -0.2) is 0 Å². The van der Waals surface area contributed by atoms with Gasteiger partial charge in [-0.15, -0.1) is 0 Å². The fourth-order valence-electron chi connectivity index (χ4n) is 7.33. The zero-order valence-electron chi connectivity index (χ0n) is 16.2. The van der Waals surface area contributed by atoms with Crippen LogP contribution in [0, 0.1) is 34.5 Å². The summed E-state index contributed by atoms with van der Waals surface area (Å²) in [5.74, 6) is 0.609. The maximum Gasteiger partial charge on any atom is 0.178 e. The van der Waals surface area contributed by atoms with Crippen molar-refractivity contribution in [2.75, 3.05) is 0 Å². The first kappa shape index (κ1) is 18.1. The molecule has 0 amide bonds. The molecule has 0 aromatic rings. The highest BCUT2D eigenvalue weighted by Gasteiger charge is 2.68. The number of ketones is 2. The third-order valence-electron chi connectivity index (χ3n) is 8.55. The number of allylic oxidation sites excluding steroid dienone is 4. The molecular weight excluding hydrogens is 328 g/mol. The molecule has 4 heteroatoms. The maximum absolute atomic E-state index is 12.3. The van der Waals surface area contributed by atoms with Crippen molar-refractivity contribution >= 4 is 11.6 Å². The van der Waals surface area contributed by atoms with E-state index in [4.69, 9.17) is 0 Å². The molecular formula is C22H30O4. The molecule has 0 aromatic heterocycles. The van der Waals surface area contributed by atoms with Crippen LogP contribution in [0.3, 0.4) is 0 Å². The predicted molar refractivity (Wildman–Crippen MR) is 98.2 cm³/mol. The van der Waals surface area contributed by atoms with Gasteiger partial charge in [-0.1, -0.05) is 32.4 Å². The van der Waals surface area contributed by atoms with E-state index < -0.39 is 17.1 Å². The van der Waals surface area contributed by atoms with Crippen LogP contribution < -0.4 is 0 Å². The largest absolute Gasteiger partial charge is 0.393 e. The van der Waals surface area contributed by atoms with Gasteiger partial charge in [0, 0.05) is 16.7 Å². The minimum absolute atomic E-state index is 0.0293. The summed E-state index contributed by atoms with van der Waals surface area (Å²) in [5.41, 5.74) is -1.10. The van der Waals surface area contributed by atoms with E-state index in [0.29, 0.717) is 12.8 Å². The Morgan fingerprint density at radius 1 is 1.31 bits per heavy atom. The predicted octanol–water partition coefficient (Wildman–Crippen LogP) is 2.83. The summed E-state index contributed by atoms with van der Waals surface area (Å²) in [4.78, 5) is 24.2. The van der Waals surface area contributed by atoms with E-state index in [1.807, 2.05) is 13.0 Å².